The molecule has 0 heterocycles. The van der Waals surface area contributed by atoms with Crippen molar-refractivity contribution in [3.63, 3.8) is 0 Å². The third kappa shape index (κ3) is 11.6. The average Bonchev–Trinajstić information content (AvgIpc) is 3.48. The van der Waals surface area contributed by atoms with Gasteiger partial charge in [-0.05, 0) is 100.0 Å². The van der Waals surface area contributed by atoms with E-state index in [1.165, 1.54) is 0 Å². The summed E-state index contributed by atoms with van der Waals surface area (Å²) < 4.78 is 0. The molecule has 3 heteroatoms. The maximum atomic E-state index is 2.37. The lowest BCUT2D eigenvalue weighted by atomic mass is 9.97. The first-order valence-corrected chi connectivity index (χ1v) is 25.0. The summed E-state index contributed by atoms with van der Waals surface area (Å²) in [6, 6.07) is 103. The Balaban J connectivity index is 1.05. The van der Waals surface area contributed by atoms with Crippen LogP contribution in [-0.4, -0.2) is 6.54 Å². The van der Waals surface area contributed by atoms with E-state index in [1.54, 1.807) is 0 Å². The van der Waals surface area contributed by atoms with Gasteiger partial charge in [0.05, 0.1) is 0 Å². The molecular formula is C70H57N3. The van der Waals surface area contributed by atoms with E-state index >= 15 is 0 Å². The molecule has 0 saturated heterocycles. The number of hydrogen-bond acceptors (Lipinski definition) is 3. The lowest BCUT2D eigenvalue weighted by molar-refractivity contribution is 1.02. The van der Waals surface area contributed by atoms with Gasteiger partial charge in [0, 0.05) is 76.4 Å². The van der Waals surface area contributed by atoms with Crippen molar-refractivity contribution in [1.82, 2.24) is 0 Å². The number of benzene rings is 10. The van der Waals surface area contributed by atoms with Crippen LogP contribution in [0.3, 0.4) is 0 Å². The molecule has 10 aromatic rings. The van der Waals surface area contributed by atoms with Crippen LogP contribution in [-0.2, 0) is 0 Å². The zero-order chi connectivity index (χ0) is 49.4. The van der Waals surface area contributed by atoms with Gasteiger partial charge in [-0.3, -0.25) is 0 Å². The highest BCUT2D eigenvalue weighted by Gasteiger charge is 2.17. The van der Waals surface area contributed by atoms with Crippen LogP contribution in [0.15, 0.2) is 316 Å². The molecule has 0 aliphatic heterocycles. The lowest BCUT2D eigenvalue weighted by Gasteiger charge is -2.27. The number of anilines is 4. The molecule has 0 aliphatic carbocycles. The molecule has 0 fully saturated rings. The van der Waals surface area contributed by atoms with Gasteiger partial charge in [-0.1, -0.05) is 243 Å². The fourth-order valence-electron chi connectivity index (χ4n) is 9.26. The van der Waals surface area contributed by atoms with Gasteiger partial charge in [-0.25, -0.2) is 0 Å². The van der Waals surface area contributed by atoms with Crippen LogP contribution < -0.4 is 14.7 Å². The molecule has 0 unspecified atom stereocenters. The first kappa shape index (κ1) is 47.2. The summed E-state index contributed by atoms with van der Waals surface area (Å²) >= 11 is 0. The summed E-state index contributed by atoms with van der Waals surface area (Å²) in [5, 5.41) is 0. The Morgan fingerprint density at radius 2 is 0.397 bits per heavy atom. The van der Waals surface area contributed by atoms with Crippen LogP contribution in [0, 0.1) is 0 Å². The van der Waals surface area contributed by atoms with Crippen molar-refractivity contribution in [2.45, 2.75) is 6.92 Å². The third-order valence-corrected chi connectivity index (χ3v) is 13.0. The van der Waals surface area contributed by atoms with Crippen molar-refractivity contribution in [3.05, 3.63) is 360 Å². The average molecular weight is 940 g/mol. The molecule has 3 nitrogen and oxygen atoms in total. The summed E-state index contributed by atoms with van der Waals surface area (Å²) in [5.41, 5.74) is 17.9. The number of hydrogen-bond donors (Lipinski definition) is 0. The number of rotatable bonds is 17. The Morgan fingerprint density at radius 1 is 0.233 bits per heavy atom. The normalized spacial score (nSPS) is 10.6. The molecule has 0 atom stereocenters. The van der Waals surface area contributed by atoms with Crippen molar-refractivity contribution in [3.8, 4) is 0 Å². The molecule has 0 bridgehead atoms. The van der Waals surface area contributed by atoms with Gasteiger partial charge in [0.1, 0.15) is 0 Å². The van der Waals surface area contributed by atoms with Gasteiger partial charge in [0.15, 0.2) is 0 Å². The Kier molecular flexibility index (Phi) is 15.2. The minimum Gasteiger partial charge on any atom is -0.342 e. The molecule has 0 N–H and O–H groups in total. The molecule has 73 heavy (non-hydrogen) atoms. The van der Waals surface area contributed by atoms with Crippen LogP contribution in [0.2, 0.25) is 0 Å². The summed E-state index contributed by atoms with van der Waals surface area (Å²) in [4.78, 5) is 6.94. The van der Waals surface area contributed by atoms with Crippen LogP contribution >= 0.6 is 0 Å². The second-order valence-electron chi connectivity index (χ2n) is 17.7. The van der Waals surface area contributed by atoms with E-state index in [2.05, 4.69) is 338 Å². The topological polar surface area (TPSA) is 9.72 Å². The standard InChI is InChI=1S/C70H57N3/c1-2-73(65-47-43-63(44-48-65)71(51-67(55-27-11-3-12-28-55)56-29-13-4-14-30-56)52-68(57-31-15-5-16-32-57)58-33-17-6-18-34-58)66-49-45-64(46-50-66)72(53-69(59-35-19-7-20-36-59)60-37-21-8-22-38-60)54-70(61-39-23-9-24-40-61)62-41-25-10-26-42-62/h3-54H,2H2,1H3. The Morgan fingerprint density at radius 3 is 0.562 bits per heavy atom. The predicted molar refractivity (Wildman–Crippen MR) is 310 cm³/mol. The second kappa shape index (κ2) is 23.4. The number of nitrogens with zero attached hydrogens (tertiary/aromatic N) is 3. The van der Waals surface area contributed by atoms with Crippen LogP contribution in [0.5, 0.6) is 0 Å². The van der Waals surface area contributed by atoms with Gasteiger partial charge < -0.3 is 14.7 Å². The fourth-order valence-corrected chi connectivity index (χ4v) is 9.26. The van der Waals surface area contributed by atoms with E-state index in [4.69, 9.17) is 0 Å². The highest BCUT2D eigenvalue weighted by Crippen LogP contribution is 2.35. The molecule has 10 rings (SSSR count). The third-order valence-electron chi connectivity index (χ3n) is 13.0. The summed E-state index contributed by atoms with van der Waals surface area (Å²) in [7, 11) is 0. The zero-order valence-electron chi connectivity index (χ0n) is 41.1. The van der Waals surface area contributed by atoms with E-state index in [9.17, 15) is 0 Å². The highest BCUT2D eigenvalue weighted by atomic mass is 15.1. The summed E-state index contributed by atoms with van der Waals surface area (Å²) in [6.07, 6.45) is 9.11. The first-order chi connectivity index (χ1) is 36.2. The Hall–Kier alpha value is -9.44. The van der Waals surface area contributed by atoms with E-state index in [1.807, 2.05) is 0 Å². The molecule has 0 spiro atoms. The fraction of sp³-hybridized carbons (Fsp3) is 0.0286. The SMILES string of the molecule is CCN(c1ccc(N(C=C(c2ccccc2)c2ccccc2)C=C(c2ccccc2)c2ccccc2)cc1)c1ccc(N(C=C(c2ccccc2)c2ccccc2)C=C(c2ccccc2)c2ccccc2)cc1. The molecule has 0 amide bonds. The lowest BCUT2D eigenvalue weighted by Crippen LogP contribution is -2.17. The van der Waals surface area contributed by atoms with E-state index in [0.717, 1.165) is 96.1 Å². The minimum absolute atomic E-state index is 0.780. The second-order valence-corrected chi connectivity index (χ2v) is 17.7. The van der Waals surface area contributed by atoms with Gasteiger partial charge in [0.2, 0.25) is 0 Å². The molecule has 0 aromatic heterocycles. The summed E-state index contributed by atoms with van der Waals surface area (Å²) in [5.74, 6) is 0. The Labute approximate surface area is 431 Å². The molecule has 352 valence electrons. The van der Waals surface area contributed by atoms with E-state index < -0.39 is 0 Å². The van der Waals surface area contributed by atoms with Crippen molar-refractivity contribution in [2.75, 3.05) is 21.2 Å². The van der Waals surface area contributed by atoms with Gasteiger partial charge in [-0.2, -0.15) is 0 Å². The van der Waals surface area contributed by atoms with Gasteiger partial charge in [0.25, 0.3) is 0 Å². The minimum atomic E-state index is 0.780. The van der Waals surface area contributed by atoms with Crippen LogP contribution in [0.1, 0.15) is 51.4 Å². The zero-order valence-corrected chi connectivity index (χ0v) is 41.1. The highest BCUT2D eigenvalue weighted by molar-refractivity contribution is 5.88. The van der Waals surface area contributed by atoms with Crippen molar-refractivity contribution < 1.29 is 0 Å². The first-order valence-electron chi connectivity index (χ1n) is 25.0. The maximum absolute atomic E-state index is 2.37. The maximum Gasteiger partial charge on any atom is 0.0451 e. The van der Waals surface area contributed by atoms with Gasteiger partial charge in [-0.15, -0.1) is 0 Å². The van der Waals surface area contributed by atoms with Crippen LogP contribution in [0.4, 0.5) is 22.7 Å². The molecule has 0 radical (unpaired) electrons. The Bertz CT molecular complexity index is 2820. The van der Waals surface area contributed by atoms with Crippen molar-refractivity contribution in [1.29, 1.82) is 0 Å². The molecule has 0 aliphatic rings. The van der Waals surface area contributed by atoms with Crippen molar-refractivity contribution in [2.24, 2.45) is 0 Å². The predicted octanol–water partition coefficient (Wildman–Crippen LogP) is 17.8. The molecular weight excluding hydrogens is 883 g/mol. The smallest absolute Gasteiger partial charge is 0.0451 e. The van der Waals surface area contributed by atoms with E-state index in [-0.39, 0.29) is 0 Å². The molecule has 0 saturated carbocycles. The monoisotopic (exact) mass is 939 g/mol. The molecule has 10 aromatic carbocycles. The van der Waals surface area contributed by atoms with E-state index in [0.29, 0.717) is 0 Å². The quantitative estimate of drug-likeness (QED) is 0.0901. The largest absolute Gasteiger partial charge is 0.342 e. The summed E-state index contributed by atoms with van der Waals surface area (Å²) in [6.45, 7) is 3.00. The van der Waals surface area contributed by atoms with Gasteiger partial charge >= 0.3 is 0 Å². The van der Waals surface area contributed by atoms with Crippen LogP contribution in [0.25, 0.3) is 22.3 Å². The van der Waals surface area contributed by atoms with Crippen molar-refractivity contribution >= 4 is 45.0 Å².